The summed E-state index contributed by atoms with van der Waals surface area (Å²) >= 11 is 0. The largest absolute Gasteiger partial charge is 0.487 e. The van der Waals surface area contributed by atoms with Gasteiger partial charge in [-0.15, -0.1) is 0 Å². The van der Waals surface area contributed by atoms with Crippen molar-refractivity contribution in [2.45, 2.75) is 56.6 Å². The van der Waals surface area contributed by atoms with Gasteiger partial charge in [-0.3, -0.25) is 4.79 Å². The molecule has 3 aliphatic rings. The van der Waals surface area contributed by atoms with Crippen molar-refractivity contribution in [3.63, 3.8) is 0 Å². The predicted octanol–water partition coefficient (Wildman–Crippen LogP) is 2.94. The summed E-state index contributed by atoms with van der Waals surface area (Å²) in [5.74, 6) is 1.28. The molecule has 0 radical (unpaired) electrons. The number of carbonyl (C=O) groups is 1. The van der Waals surface area contributed by atoms with E-state index in [1.54, 1.807) is 0 Å². The summed E-state index contributed by atoms with van der Waals surface area (Å²) in [6.45, 7) is 1.84. The molecule has 2 N–H and O–H groups in total. The summed E-state index contributed by atoms with van der Waals surface area (Å²) < 4.78 is 6.37. The smallest absolute Gasteiger partial charge is 0.224 e. The van der Waals surface area contributed by atoms with E-state index in [1.165, 1.54) is 12.8 Å². The maximum Gasteiger partial charge on any atom is 0.224 e. The highest BCUT2D eigenvalue weighted by Gasteiger charge is 2.43. The second-order valence-corrected chi connectivity index (χ2v) is 7.34. The number of ether oxygens (including phenoxy) is 1. The van der Waals surface area contributed by atoms with Gasteiger partial charge in [0.15, 0.2) is 0 Å². The second kappa shape index (κ2) is 6.16. The van der Waals surface area contributed by atoms with Crippen molar-refractivity contribution in [3.05, 3.63) is 29.8 Å². The van der Waals surface area contributed by atoms with Crippen LogP contribution in [0.2, 0.25) is 0 Å². The van der Waals surface area contributed by atoms with Gasteiger partial charge in [0.1, 0.15) is 11.4 Å². The topological polar surface area (TPSA) is 50.4 Å². The van der Waals surface area contributed by atoms with Gasteiger partial charge in [0.2, 0.25) is 5.91 Å². The number of hydrogen-bond donors (Lipinski definition) is 2. The maximum absolute atomic E-state index is 12.7. The Morgan fingerprint density at radius 1 is 1.22 bits per heavy atom. The molecule has 1 saturated carbocycles. The average Bonchev–Trinajstić information content (AvgIpc) is 3.03. The van der Waals surface area contributed by atoms with Crippen molar-refractivity contribution in [1.29, 1.82) is 0 Å². The summed E-state index contributed by atoms with van der Waals surface area (Å²) in [6, 6.07) is 8.30. The minimum Gasteiger partial charge on any atom is -0.487 e. The number of fused-ring (bicyclic) bond motifs is 1. The van der Waals surface area contributed by atoms with Crippen LogP contribution < -0.4 is 15.4 Å². The van der Waals surface area contributed by atoms with Crippen LogP contribution in [0.15, 0.2) is 24.3 Å². The van der Waals surface area contributed by atoms with Crippen molar-refractivity contribution in [1.82, 2.24) is 10.6 Å². The van der Waals surface area contributed by atoms with Gasteiger partial charge in [-0.05, 0) is 51.1 Å². The number of benzene rings is 1. The van der Waals surface area contributed by atoms with E-state index in [0.29, 0.717) is 0 Å². The van der Waals surface area contributed by atoms with Crippen LogP contribution in [0.5, 0.6) is 5.75 Å². The fourth-order valence-corrected chi connectivity index (χ4v) is 4.44. The third-order valence-electron chi connectivity index (χ3n) is 5.70. The molecule has 2 aliphatic heterocycles. The van der Waals surface area contributed by atoms with E-state index in [9.17, 15) is 4.79 Å². The third kappa shape index (κ3) is 2.97. The summed E-state index contributed by atoms with van der Waals surface area (Å²) in [7, 11) is 0. The van der Waals surface area contributed by atoms with Crippen LogP contribution in [0.1, 0.15) is 56.6 Å². The van der Waals surface area contributed by atoms with Gasteiger partial charge in [-0.1, -0.05) is 18.2 Å². The normalized spacial score (nSPS) is 28.9. The zero-order chi connectivity index (χ0) is 15.7. The number of nitrogens with one attached hydrogen (secondary N) is 2. The first-order valence-corrected chi connectivity index (χ1v) is 9.05. The Hall–Kier alpha value is -1.55. The molecule has 1 aliphatic carbocycles. The van der Waals surface area contributed by atoms with Crippen molar-refractivity contribution < 1.29 is 9.53 Å². The van der Waals surface area contributed by atoms with Crippen LogP contribution in [0.25, 0.3) is 0 Å². The van der Waals surface area contributed by atoms with E-state index in [-0.39, 0.29) is 23.5 Å². The lowest BCUT2D eigenvalue weighted by Crippen LogP contribution is -2.46. The van der Waals surface area contributed by atoms with Crippen LogP contribution >= 0.6 is 0 Å². The van der Waals surface area contributed by atoms with Crippen LogP contribution in [0, 0.1) is 5.92 Å². The van der Waals surface area contributed by atoms with E-state index < -0.39 is 0 Å². The molecule has 124 valence electrons. The van der Waals surface area contributed by atoms with Crippen LogP contribution in [-0.4, -0.2) is 24.6 Å². The molecular formula is C19H26N2O2. The highest BCUT2D eigenvalue weighted by Crippen LogP contribution is 2.47. The highest BCUT2D eigenvalue weighted by atomic mass is 16.5. The maximum atomic E-state index is 12.7. The number of piperidine rings is 1. The Morgan fingerprint density at radius 2 is 2.04 bits per heavy atom. The summed E-state index contributed by atoms with van der Waals surface area (Å²) in [5.41, 5.74) is 1.08. The van der Waals surface area contributed by atoms with E-state index in [4.69, 9.17) is 4.74 Å². The molecule has 0 aromatic heterocycles. The average molecular weight is 314 g/mol. The van der Waals surface area contributed by atoms with Crippen LogP contribution in [0.3, 0.4) is 0 Å². The molecule has 0 bridgehead atoms. The van der Waals surface area contributed by atoms with Gasteiger partial charge in [0.25, 0.3) is 0 Å². The minimum absolute atomic E-state index is 0.0584. The van der Waals surface area contributed by atoms with E-state index in [1.807, 2.05) is 12.1 Å². The molecule has 2 fully saturated rings. The molecular weight excluding hydrogens is 288 g/mol. The Bertz CT molecular complexity index is 574. The lowest BCUT2D eigenvalue weighted by atomic mass is 9.85. The van der Waals surface area contributed by atoms with E-state index in [0.717, 1.165) is 56.5 Å². The number of carbonyl (C=O) groups excluding carboxylic acids is 1. The Morgan fingerprint density at radius 3 is 2.83 bits per heavy atom. The first kappa shape index (κ1) is 15.0. The molecule has 2 atom stereocenters. The van der Waals surface area contributed by atoms with Crippen molar-refractivity contribution in [3.8, 4) is 5.75 Å². The molecule has 4 rings (SSSR count). The standard InChI is InChI=1S/C19H26N2O2/c22-18(14-6-5-11-20-13-14)21-16-12-19(9-3-4-10-19)23-17-8-2-1-7-15(16)17/h1-2,7-8,14,16,20H,3-6,9-13H2,(H,21,22). The third-order valence-corrected chi connectivity index (χ3v) is 5.70. The molecule has 1 amide bonds. The molecule has 1 aromatic rings. The molecule has 2 unspecified atom stereocenters. The quantitative estimate of drug-likeness (QED) is 0.882. The van der Waals surface area contributed by atoms with Gasteiger partial charge < -0.3 is 15.4 Å². The lowest BCUT2D eigenvalue weighted by Gasteiger charge is -2.40. The fourth-order valence-electron chi connectivity index (χ4n) is 4.44. The highest BCUT2D eigenvalue weighted by molar-refractivity contribution is 5.79. The number of amides is 1. The number of para-hydroxylation sites is 1. The fraction of sp³-hybridized carbons (Fsp3) is 0.632. The summed E-state index contributed by atoms with van der Waals surface area (Å²) in [5, 5.41) is 6.67. The lowest BCUT2D eigenvalue weighted by molar-refractivity contribution is -0.126. The van der Waals surface area contributed by atoms with Gasteiger partial charge >= 0.3 is 0 Å². The van der Waals surface area contributed by atoms with Gasteiger partial charge in [0.05, 0.1) is 12.0 Å². The first-order chi connectivity index (χ1) is 11.3. The Kier molecular flexibility index (Phi) is 4.02. The molecule has 4 heteroatoms. The molecule has 1 spiro atoms. The van der Waals surface area contributed by atoms with Crippen molar-refractivity contribution >= 4 is 5.91 Å². The predicted molar refractivity (Wildman–Crippen MR) is 89.4 cm³/mol. The molecule has 23 heavy (non-hydrogen) atoms. The van der Waals surface area contributed by atoms with E-state index >= 15 is 0 Å². The number of hydrogen-bond acceptors (Lipinski definition) is 3. The van der Waals surface area contributed by atoms with Gasteiger partial charge in [-0.2, -0.15) is 0 Å². The molecule has 4 nitrogen and oxygen atoms in total. The first-order valence-electron chi connectivity index (χ1n) is 9.05. The van der Waals surface area contributed by atoms with Crippen LogP contribution in [-0.2, 0) is 4.79 Å². The van der Waals surface area contributed by atoms with Crippen LogP contribution in [0.4, 0.5) is 0 Å². The molecule has 2 heterocycles. The second-order valence-electron chi connectivity index (χ2n) is 7.34. The zero-order valence-corrected chi connectivity index (χ0v) is 13.6. The Balaban J connectivity index is 1.55. The van der Waals surface area contributed by atoms with E-state index in [2.05, 4.69) is 22.8 Å². The SMILES string of the molecule is O=C(NC1CC2(CCCC2)Oc2ccccc21)C1CCCNC1. The summed E-state index contributed by atoms with van der Waals surface area (Å²) in [6.07, 6.45) is 7.68. The van der Waals surface area contributed by atoms with Gasteiger partial charge in [0, 0.05) is 18.5 Å². The summed E-state index contributed by atoms with van der Waals surface area (Å²) in [4.78, 5) is 12.7. The number of rotatable bonds is 2. The molecule has 1 saturated heterocycles. The molecule has 1 aromatic carbocycles. The zero-order valence-electron chi connectivity index (χ0n) is 13.6. The minimum atomic E-state index is -0.0584. The Labute approximate surface area is 138 Å². The van der Waals surface area contributed by atoms with Gasteiger partial charge in [-0.25, -0.2) is 0 Å². The van der Waals surface area contributed by atoms with Crippen molar-refractivity contribution in [2.24, 2.45) is 5.92 Å². The van der Waals surface area contributed by atoms with Crippen molar-refractivity contribution in [2.75, 3.05) is 13.1 Å². The monoisotopic (exact) mass is 314 g/mol.